The summed E-state index contributed by atoms with van der Waals surface area (Å²) in [6.45, 7) is 7.02. The second-order valence-corrected chi connectivity index (χ2v) is 5.81. The van der Waals surface area contributed by atoms with Gasteiger partial charge in [0.2, 0.25) is 0 Å². The smallest absolute Gasteiger partial charge is 0.335 e. The van der Waals surface area contributed by atoms with Gasteiger partial charge in [0.1, 0.15) is 6.61 Å². The zero-order valence-electron chi connectivity index (χ0n) is 12.8. The number of rotatable bonds is 4. The fraction of sp³-hybridized carbons (Fsp3) is 0.389. The van der Waals surface area contributed by atoms with Crippen LogP contribution < -0.4 is 0 Å². The minimum Gasteiger partial charge on any atom is -0.493 e. The van der Waals surface area contributed by atoms with Crippen LogP contribution in [0, 0.1) is 11.8 Å². The van der Waals surface area contributed by atoms with Crippen LogP contribution >= 0.6 is 0 Å². The maximum atomic E-state index is 11.0. The van der Waals surface area contributed by atoms with E-state index in [4.69, 9.17) is 9.84 Å². The van der Waals surface area contributed by atoms with Crippen molar-refractivity contribution in [3.05, 3.63) is 58.9 Å². The van der Waals surface area contributed by atoms with Crippen LogP contribution in [0.15, 0.2) is 47.7 Å². The zero-order valence-corrected chi connectivity index (χ0v) is 12.8. The Kier molecular flexibility index (Phi) is 4.84. The lowest BCUT2D eigenvalue weighted by Gasteiger charge is -2.19. The minimum atomic E-state index is -0.911. The first-order chi connectivity index (χ1) is 9.97. The molecule has 21 heavy (non-hydrogen) atoms. The van der Waals surface area contributed by atoms with Crippen molar-refractivity contribution >= 4 is 5.97 Å². The number of carboxylic acids is 1. The van der Waals surface area contributed by atoms with Crippen molar-refractivity contribution < 1.29 is 14.6 Å². The quantitative estimate of drug-likeness (QED) is 0.892. The van der Waals surface area contributed by atoms with E-state index in [0.717, 1.165) is 17.7 Å². The summed E-state index contributed by atoms with van der Waals surface area (Å²) in [6.07, 6.45) is 5.07. The highest BCUT2D eigenvalue weighted by Gasteiger charge is 2.18. The van der Waals surface area contributed by atoms with Crippen molar-refractivity contribution in [3.63, 3.8) is 0 Å². The molecule has 112 valence electrons. The van der Waals surface area contributed by atoms with Gasteiger partial charge in [0.25, 0.3) is 0 Å². The highest BCUT2D eigenvalue weighted by Crippen LogP contribution is 2.29. The summed E-state index contributed by atoms with van der Waals surface area (Å²) in [5.74, 6) is 1.15. The van der Waals surface area contributed by atoms with Gasteiger partial charge in [0, 0.05) is 6.42 Å². The fourth-order valence-corrected chi connectivity index (χ4v) is 2.46. The van der Waals surface area contributed by atoms with E-state index in [9.17, 15) is 4.79 Å². The lowest BCUT2D eigenvalue weighted by atomic mass is 9.88. The number of hydrogen-bond acceptors (Lipinski definition) is 2. The van der Waals surface area contributed by atoms with Gasteiger partial charge in [0.05, 0.1) is 11.3 Å². The average molecular weight is 286 g/mol. The summed E-state index contributed by atoms with van der Waals surface area (Å²) >= 11 is 0. The van der Waals surface area contributed by atoms with Crippen LogP contribution in [0.2, 0.25) is 0 Å². The molecule has 1 aromatic rings. The lowest BCUT2D eigenvalue weighted by Crippen LogP contribution is -2.09. The standard InChI is InChI=1S/C18H22O3/c1-12-7-8-17(9-13(2)14(12)3)21-11-15-5-4-6-16(10-15)18(19)20/h4-8,10,13-14H,9,11H2,1-3H3,(H,19,20). The monoisotopic (exact) mass is 286 g/mol. The third kappa shape index (κ3) is 3.97. The molecule has 1 aliphatic carbocycles. The second kappa shape index (κ2) is 6.61. The van der Waals surface area contributed by atoms with Gasteiger partial charge in [0.15, 0.2) is 0 Å². The SMILES string of the molecule is CC1=CC=C(OCc2cccc(C(=O)O)c2)CC(C)C1C. The molecule has 1 aliphatic rings. The van der Waals surface area contributed by atoms with Crippen molar-refractivity contribution in [2.75, 3.05) is 0 Å². The molecule has 0 radical (unpaired) electrons. The van der Waals surface area contributed by atoms with Gasteiger partial charge in [-0.15, -0.1) is 0 Å². The topological polar surface area (TPSA) is 46.5 Å². The van der Waals surface area contributed by atoms with E-state index in [1.54, 1.807) is 18.2 Å². The molecule has 0 fully saturated rings. The summed E-state index contributed by atoms with van der Waals surface area (Å²) in [7, 11) is 0. The molecule has 0 spiro atoms. The van der Waals surface area contributed by atoms with Gasteiger partial charge in [-0.05, 0) is 42.5 Å². The van der Waals surface area contributed by atoms with Crippen molar-refractivity contribution in [1.82, 2.24) is 0 Å². The van der Waals surface area contributed by atoms with Crippen LogP contribution in [0.25, 0.3) is 0 Å². The molecule has 0 aromatic heterocycles. The lowest BCUT2D eigenvalue weighted by molar-refractivity contribution is 0.0696. The summed E-state index contributed by atoms with van der Waals surface area (Å²) in [4.78, 5) is 11.0. The first kappa shape index (κ1) is 15.4. The molecule has 0 saturated heterocycles. The summed E-state index contributed by atoms with van der Waals surface area (Å²) in [5.41, 5.74) is 2.54. The van der Waals surface area contributed by atoms with Crippen LogP contribution in [0.3, 0.4) is 0 Å². The number of carboxylic acid groups (broad SMARTS) is 1. The Morgan fingerprint density at radius 2 is 2.10 bits per heavy atom. The fourth-order valence-electron chi connectivity index (χ4n) is 2.46. The summed E-state index contributed by atoms with van der Waals surface area (Å²) in [6, 6.07) is 6.88. The summed E-state index contributed by atoms with van der Waals surface area (Å²) < 4.78 is 5.87. The number of benzene rings is 1. The number of ether oxygens (including phenoxy) is 1. The molecule has 0 bridgehead atoms. The van der Waals surface area contributed by atoms with Gasteiger partial charge in [-0.2, -0.15) is 0 Å². The van der Waals surface area contributed by atoms with Crippen LogP contribution in [0.5, 0.6) is 0 Å². The average Bonchev–Trinajstić information content (AvgIpc) is 2.59. The second-order valence-electron chi connectivity index (χ2n) is 5.81. The van der Waals surface area contributed by atoms with Crippen molar-refractivity contribution in [2.24, 2.45) is 11.8 Å². The van der Waals surface area contributed by atoms with Crippen molar-refractivity contribution in [2.45, 2.75) is 33.8 Å². The molecule has 3 nitrogen and oxygen atoms in total. The molecule has 0 amide bonds. The highest BCUT2D eigenvalue weighted by molar-refractivity contribution is 5.87. The largest absolute Gasteiger partial charge is 0.493 e. The predicted molar refractivity (Wildman–Crippen MR) is 83.0 cm³/mol. The van der Waals surface area contributed by atoms with E-state index < -0.39 is 5.97 Å². The third-order valence-corrected chi connectivity index (χ3v) is 4.23. The van der Waals surface area contributed by atoms with E-state index >= 15 is 0 Å². The molecular formula is C18H22O3. The molecule has 0 aliphatic heterocycles. The Bertz CT molecular complexity index is 584. The molecule has 1 N–H and O–H groups in total. The van der Waals surface area contributed by atoms with E-state index in [1.807, 2.05) is 12.1 Å². The van der Waals surface area contributed by atoms with Gasteiger partial charge >= 0.3 is 5.97 Å². The van der Waals surface area contributed by atoms with Crippen molar-refractivity contribution in [1.29, 1.82) is 0 Å². The predicted octanol–water partition coefficient (Wildman–Crippen LogP) is 4.41. The number of hydrogen-bond donors (Lipinski definition) is 1. The Labute approximate surface area is 125 Å². The van der Waals surface area contributed by atoms with E-state index in [-0.39, 0.29) is 0 Å². The molecular weight excluding hydrogens is 264 g/mol. The molecule has 0 saturated carbocycles. The van der Waals surface area contributed by atoms with Crippen molar-refractivity contribution in [3.8, 4) is 0 Å². The number of allylic oxidation sites excluding steroid dienone is 4. The summed E-state index contributed by atoms with van der Waals surface area (Å²) in [5, 5.41) is 9.00. The Hall–Kier alpha value is -2.03. The first-order valence-electron chi connectivity index (χ1n) is 7.29. The third-order valence-electron chi connectivity index (χ3n) is 4.23. The minimum absolute atomic E-state index is 0.295. The van der Waals surface area contributed by atoms with E-state index in [1.165, 1.54) is 5.57 Å². The number of carbonyl (C=O) groups is 1. The van der Waals surface area contributed by atoms with Crippen LogP contribution in [0.1, 0.15) is 43.1 Å². The molecule has 2 rings (SSSR count). The molecule has 2 unspecified atom stereocenters. The van der Waals surface area contributed by atoms with E-state index in [0.29, 0.717) is 24.0 Å². The Morgan fingerprint density at radius 1 is 1.33 bits per heavy atom. The molecule has 0 heterocycles. The normalized spacial score (nSPS) is 22.0. The van der Waals surface area contributed by atoms with Gasteiger partial charge in [-0.1, -0.05) is 37.6 Å². The van der Waals surface area contributed by atoms with Crippen LogP contribution in [-0.4, -0.2) is 11.1 Å². The molecule has 2 atom stereocenters. The Balaban J connectivity index is 2.03. The van der Waals surface area contributed by atoms with Gasteiger partial charge < -0.3 is 9.84 Å². The first-order valence-corrected chi connectivity index (χ1v) is 7.29. The number of aromatic carboxylic acids is 1. The molecule has 1 aromatic carbocycles. The zero-order chi connectivity index (χ0) is 15.4. The highest BCUT2D eigenvalue weighted by atomic mass is 16.5. The van der Waals surface area contributed by atoms with E-state index in [2.05, 4.69) is 26.8 Å². The Morgan fingerprint density at radius 3 is 2.81 bits per heavy atom. The maximum Gasteiger partial charge on any atom is 0.335 e. The van der Waals surface area contributed by atoms with Gasteiger partial charge in [-0.25, -0.2) is 4.79 Å². The maximum absolute atomic E-state index is 11.0. The van der Waals surface area contributed by atoms with Crippen LogP contribution in [-0.2, 0) is 11.3 Å². The van der Waals surface area contributed by atoms with Crippen LogP contribution in [0.4, 0.5) is 0 Å². The van der Waals surface area contributed by atoms with Gasteiger partial charge in [-0.3, -0.25) is 0 Å². The molecule has 3 heteroatoms.